The number of halogens is 6. The summed E-state index contributed by atoms with van der Waals surface area (Å²) < 4.78 is 77.5. The molecular formula is C12H8F6N4OS. The van der Waals surface area contributed by atoms with Gasteiger partial charge in [0.15, 0.2) is 22.6 Å². The Labute approximate surface area is 135 Å². The molecule has 0 bridgehead atoms. The molecule has 0 aliphatic rings. The fourth-order valence-corrected chi connectivity index (χ4v) is 2.34. The minimum absolute atomic E-state index is 0.191. The van der Waals surface area contributed by atoms with Gasteiger partial charge in [-0.25, -0.2) is 13.2 Å². The predicted molar refractivity (Wildman–Crippen MR) is 71.7 cm³/mol. The lowest BCUT2D eigenvalue weighted by Crippen LogP contribution is -2.16. The third-order valence-electron chi connectivity index (χ3n) is 2.73. The lowest BCUT2D eigenvalue weighted by atomic mass is 10.3. The van der Waals surface area contributed by atoms with E-state index >= 15 is 0 Å². The standard InChI is InChI=1S/C12H8F6N4OS/c1-22-10(12(16,17)18)20-21-11(22)24-4-7(23)19-6-3-2-5(13)8(14)9(6)15/h2-3H,4H2,1H3,(H,19,23). The van der Waals surface area contributed by atoms with Gasteiger partial charge in [-0.2, -0.15) is 13.2 Å². The van der Waals surface area contributed by atoms with Gasteiger partial charge < -0.3 is 9.88 Å². The van der Waals surface area contributed by atoms with Gasteiger partial charge in [0.25, 0.3) is 0 Å². The number of carbonyl (C=O) groups is 1. The van der Waals surface area contributed by atoms with Crippen LogP contribution < -0.4 is 5.32 Å². The molecule has 0 fully saturated rings. The number of anilines is 1. The SMILES string of the molecule is Cn1c(SCC(=O)Nc2ccc(F)c(F)c2F)nnc1C(F)(F)F. The molecule has 130 valence electrons. The van der Waals surface area contributed by atoms with Crippen molar-refractivity contribution in [2.24, 2.45) is 7.05 Å². The van der Waals surface area contributed by atoms with E-state index in [0.29, 0.717) is 22.4 Å². The minimum atomic E-state index is -4.70. The van der Waals surface area contributed by atoms with Crippen molar-refractivity contribution in [3.8, 4) is 0 Å². The second kappa shape index (κ2) is 6.71. The molecule has 1 N–H and O–H groups in total. The number of nitrogens with zero attached hydrogens (tertiary/aromatic N) is 3. The van der Waals surface area contributed by atoms with Crippen LogP contribution in [0.4, 0.5) is 32.0 Å². The van der Waals surface area contributed by atoms with Crippen molar-refractivity contribution >= 4 is 23.4 Å². The van der Waals surface area contributed by atoms with Crippen LogP contribution in [0.25, 0.3) is 0 Å². The molecule has 2 aromatic rings. The number of hydrogen-bond acceptors (Lipinski definition) is 4. The van der Waals surface area contributed by atoms with Crippen LogP contribution in [0.3, 0.4) is 0 Å². The van der Waals surface area contributed by atoms with Crippen molar-refractivity contribution in [3.63, 3.8) is 0 Å². The molecule has 2 rings (SSSR count). The number of aromatic nitrogens is 3. The molecule has 0 aliphatic heterocycles. The zero-order valence-electron chi connectivity index (χ0n) is 11.8. The zero-order valence-corrected chi connectivity index (χ0v) is 12.6. The first-order chi connectivity index (χ1) is 11.1. The molecule has 0 spiro atoms. The van der Waals surface area contributed by atoms with Crippen LogP contribution in [-0.4, -0.2) is 26.4 Å². The fourth-order valence-electron chi connectivity index (χ4n) is 1.63. The van der Waals surface area contributed by atoms with Crippen molar-refractivity contribution in [2.75, 3.05) is 11.1 Å². The maximum Gasteiger partial charge on any atom is 0.451 e. The van der Waals surface area contributed by atoms with Gasteiger partial charge >= 0.3 is 6.18 Å². The van der Waals surface area contributed by atoms with E-state index in [1.54, 1.807) is 0 Å². The van der Waals surface area contributed by atoms with E-state index in [-0.39, 0.29) is 5.16 Å². The monoisotopic (exact) mass is 370 g/mol. The Balaban J connectivity index is 2.02. The van der Waals surface area contributed by atoms with Gasteiger partial charge in [0, 0.05) is 7.05 Å². The first kappa shape index (κ1) is 18.1. The molecule has 1 aromatic heterocycles. The number of alkyl halides is 3. The maximum atomic E-state index is 13.4. The molecule has 12 heteroatoms. The maximum absolute atomic E-state index is 13.4. The van der Waals surface area contributed by atoms with Gasteiger partial charge in [0.2, 0.25) is 11.7 Å². The highest BCUT2D eigenvalue weighted by atomic mass is 32.2. The summed E-state index contributed by atoms with van der Waals surface area (Å²) in [7, 11) is 1.07. The van der Waals surface area contributed by atoms with Gasteiger partial charge in [-0.1, -0.05) is 11.8 Å². The summed E-state index contributed by atoms with van der Waals surface area (Å²) >= 11 is 0.612. The van der Waals surface area contributed by atoms with Crippen LogP contribution in [0.1, 0.15) is 5.82 Å². The molecule has 0 aliphatic carbocycles. The van der Waals surface area contributed by atoms with E-state index in [0.717, 1.165) is 13.1 Å². The van der Waals surface area contributed by atoms with Crippen LogP contribution in [0.5, 0.6) is 0 Å². The lowest BCUT2D eigenvalue weighted by Gasteiger charge is -2.08. The van der Waals surface area contributed by atoms with Crippen molar-refractivity contribution in [2.45, 2.75) is 11.3 Å². The number of carbonyl (C=O) groups excluding carboxylic acids is 1. The highest BCUT2D eigenvalue weighted by molar-refractivity contribution is 7.99. The predicted octanol–water partition coefficient (Wildman–Crippen LogP) is 2.98. The minimum Gasteiger partial charge on any atom is -0.323 e. The third-order valence-corrected chi connectivity index (χ3v) is 3.75. The second-order valence-electron chi connectivity index (χ2n) is 4.42. The topological polar surface area (TPSA) is 59.8 Å². The Hall–Kier alpha value is -2.24. The Morgan fingerprint density at radius 2 is 1.88 bits per heavy atom. The number of rotatable bonds is 4. The summed E-state index contributed by atoms with van der Waals surface area (Å²) in [5.74, 6) is -7.27. The van der Waals surface area contributed by atoms with Crippen molar-refractivity contribution in [1.82, 2.24) is 14.8 Å². The summed E-state index contributed by atoms with van der Waals surface area (Å²) in [5.41, 5.74) is -0.589. The third kappa shape index (κ3) is 3.80. The Kier molecular flexibility index (Phi) is 5.06. The molecule has 0 saturated heterocycles. The molecule has 0 radical (unpaired) electrons. The normalized spacial score (nSPS) is 11.6. The molecule has 0 unspecified atom stereocenters. The van der Waals surface area contributed by atoms with E-state index in [9.17, 15) is 31.1 Å². The van der Waals surface area contributed by atoms with E-state index in [4.69, 9.17) is 0 Å². The van der Waals surface area contributed by atoms with E-state index in [1.807, 2.05) is 5.32 Å². The Morgan fingerprint density at radius 3 is 2.46 bits per heavy atom. The van der Waals surface area contributed by atoms with Crippen LogP contribution in [-0.2, 0) is 18.0 Å². The van der Waals surface area contributed by atoms with Gasteiger partial charge in [-0.3, -0.25) is 4.79 Å². The largest absolute Gasteiger partial charge is 0.451 e. The van der Waals surface area contributed by atoms with Crippen LogP contribution in [0.15, 0.2) is 17.3 Å². The quantitative estimate of drug-likeness (QED) is 0.511. The van der Waals surface area contributed by atoms with Crippen LogP contribution in [0.2, 0.25) is 0 Å². The summed E-state index contributed by atoms with van der Waals surface area (Å²) in [5, 5.41) is 8.06. The first-order valence-corrected chi connectivity index (χ1v) is 7.12. The summed E-state index contributed by atoms with van der Waals surface area (Å²) in [4.78, 5) is 11.7. The van der Waals surface area contributed by atoms with Crippen LogP contribution >= 0.6 is 11.8 Å². The van der Waals surface area contributed by atoms with Crippen molar-refractivity contribution in [3.05, 3.63) is 35.4 Å². The van der Waals surface area contributed by atoms with E-state index < -0.39 is 46.8 Å². The second-order valence-corrected chi connectivity index (χ2v) is 5.37. The molecule has 1 aromatic carbocycles. The van der Waals surface area contributed by atoms with Gasteiger partial charge in [0.05, 0.1) is 11.4 Å². The number of amides is 1. The fraction of sp³-hybridized carbons (Fsp3) is 0.250. The average molecular weight is 370 g/mol. The average Bonchev–Trinajstić information content (AvgIpc) is 2.87. The Morgan fingerprint density at radius 1 is 1.21 bits per heavy atom. The lowest BCUT2D eigenvalue weighted by molar-refractivity contribution is -0.147. The zero-order chi connectivity index (χ0) is 18.1. The van der Waals surface area contributed by atoms with E-state index in [1.165, 1.54) is 0 Å². The number of hydrogen-bond donors (Lipinski definition) is 1. The summed E-state index contributed by atoms with van der Waals surface area (Å²) in [6.45, 7) is 0. The van der Waals surface area contributed by atoms with Gasteiger partial charge in [-0.15, -0.1) is 10.2 Å². The summed E-state index contributed by atoms with van der Waals surface area (Å²) in [6, 6.07) is 1.44. The van der Waals surface area contributed by atoms with Crippen LogP contribution in [0, 0.1) is 17.5 Å². The molecule has 1 amide bonds. The van der Waals surface area contributed by atoms with Crippen molar-refractivity contribution in [1.29, 1.82) is 0 Å². The van der Waals surface area contributed by atoms with E-state index in [2.05, 4.69) is 10.2 Å². The number of benzene rings is 1. The first-order valence-electron chi connectivity index (χ1n) is 6.14. The molecule has 0 atom stereocenters. The highest BCUT2D eigenvalue weighted by Gasteiger charge is 2.37. The smallest absolute Gasteiger partial charge is 0.323 e. The molecule has 0 saturated carbocycles. The number of thioether (sulfide) groups is 1. The summed E-state index contributed by atoms with van der Waals surface area (Å²) in [6.07, 6.45) is -4.70. The Bertz CT molecular complexity index is 776. The van der Waals surface area contributed by atoms with Gasteiger partial charge in [0.1, 0.15) is 0 Å². The molecule has 1 heterocycles. The molecule has 5 nitrogen and oxygen atoms in total. The highest BCUT2D eigenvalue weighted by Crippen LogP contribution is 2.29. The van der Waals surface area contributed by atoms with Crippen molar-refractivity contribution < 1.29 is 31.1 Å². The number of nitrogens with one attached hydrogen (secondary N) is 1. The molecular weight excluding hydrogens is 362 g/mol. The van der Waals surface area contributed by atoms with Gasteiger partial charge in [-0.05, 0) is 12.1 Å². The molecule has 24 heavy (non-hydrogen) atoms.